The molecule has 0 amide bonds. The van der Waals surface area contributed by atoms with Gasteiger partial charge in [0.25, 0.3) is 0 Å². The third kappa shape index (κ3) is 4.23. The Morgan fingerprint density at radius 3 is 2.56 bits per heavy atom. The molecule has 2 aromatic heterocycles. The smallest absolute Gasteiger partial charge is 0.449 e. The summed E-state index contributed by atoms with van der Waals surface area (Å²) in [5, 5.41) is 23.2. The van der Waals surface area contributed by atoms with Gasteiger partial charge in [0.15, 0.2) is 5.82 Å². The van der Waals surface area contributed by atoms with Gasteiger partial charge in [-0.25, -0.2) is 14.9 Å². The van der Waals surface area contributed by atoms with Gasteiger partial charge in [0, 0.05) is 24.6 Å². The Bertz CT molecular complexity index is 1440. The summed E-state index contributed by atoms with van der Waals surface area (Å²) < 4.78 is 6.98. The SMILES string of the molecule is CCCc1nc2ccc(OC(=O)O)cc2n1Cc1ccc(-c2ccccc2-c2nnn[nH]2)cc1. The average Bonchev–Trinajstić information content (AvgIpc) is 3.49. The minimum atomic E-state index is -1.34. The molecule has 0 unspecified atom stereocenters. The molecule has 34 heavy (non-hydrogen) atoms. The van der Waals surface area contributed by atoms with Gasteiger partial charge in [-0.1, -0.05) is 55.5 Å². The van der Waals surface area contributed by atoms with Crippen molar-refractivity contribution in [2.24, 2.45) is 0 Å². The van der Waals surface area contributed by atoms with Gasteiger partial charge in [-0.05, 0) is 45.7 Å². The van der Waals surface area contributed by atoms with Crippen molar-refractivity contribution in [1.29, 1.82) is 0 Å². The van der Waals surface area contributed by atoms with Crippen molar-refractivity contribution in [2.45, 2.75) is 26.3 Å². The first kappa shape index (κ1) is 21.3. The number of carbonyl (C=O) groups is 1. The maximum absolute atomic E-state index is 11.0. The summed E-state index contributed by atoms with van der Waals surface area (Å²) >= 11 is 0. The zero-order chi connectivity index (χ0) is 23.5. The van der Waals surface area contributed by atoms with Crippen LogP contribution in [0.5, 0.6) is 5.75 Å². The topological polar surface area (TPSA) is 119 Å². The fourth-order valence-corrected chi connectivity index (χ4v) is 4.09. The summed E-state index contributed by atoms with van der Waals surface area (Å²) in [6, 6.07) is 21.4. The molecule has 9 nitrogen and oxygen atoms in total. The summed E-state index contributed by atoms with van der Waals surface area (Å²) in [5.74, 6) is 1.85. The number of rotatable bonds is 7. The first-order valence-corrected chi connectivity index (χ1v) is 10.9. The van der Waals surface area contributed by atoms with Gasteiger partial charge in [0.05, 0.1) is 11.0 Å². The zero-order valence-electron chi connectivity index (χ0n) is 18.5. The van der Waals surface area contributed by atoms with Gasteiger partial charge >= 0.3 is 6.16 Å². The maximum Gasteiger partial charge on any atom is 0.511 e. The van der Waals surface area contributed by atoms with Gasteiger partial charge in [-0.3, -0.25) is 0 Å². The predicted molar refractivity (Wildman–Crippen MR) is 127 cm³/mol. The number of nitrogens with one attached hydrogen (secondary N) is 1. The van der Waals surface area contributed by atoms with Crippen LogP contribution in [-0.2, 0) is 13.0 Å². The third-order valence-corrected chi connectivity index (χ3v) is 5.61. The number of hydrogen-bond donors (Lipinski definition) is 2. The van der Waals surface area contributed by atoms with Crippen molar-refractivity contribution in [3.63, 3.8) is 0 Å². The van der Waals surface area contributed by atoms with Crippen LogP contribution in [0.25, 0.3) is 33.5 Å². The molecule has 170 valence electrons. The third-order valence-electron chi connectivity index (χ3n) is 5.61. The normalized spacial score (nSPS) is 11.1. The van der Waals surface area contributed by atoms with Crippen LogP contribution in [0.2, 0.25) is 0 Å². The van der Waals surface area contributed by atoms with Crippen LogP contribution >= 0.6 is 0 Å². The summed E-state index contributed by atoms with van der Waals surface area (Å²) in [6.45, 7) is 2.72. The molecule has 2 N–H and O–H groups in total. The second-order valence-corrected chi connectivity index (χ2v) is 7.88. The summed E-state index contributed by atoms with van der Waals surface area (Å²) in [7, 11) is 0. The van der Waals surface area contributed by atoms with Crippen molar-refractivity contribution in [2.75, 3.05) is 0 Å². The summed E-state index contributed by atoms with van der Waals surface area (Å²) in [5.41, 5.74) is 5.77. The fraction of sp³-hybridized carbons (Fsp3) is 0.160. The second-order valence-electron chi connectivity index (χ2n) is 7.88. The molecule has 0 aliphatic carbocycles. The Hall–Kier alpha value is -4.53. The van der Waals surface area contributed by atoms with Crippen LogP contribution in [0.1, 0.15) is 24.7 Å². The van der Waals surface area contributed by atoms with Gasteiger partial charge in [-0.15, -0.1) is 5.10 Å². The number of benzene rings is 3. The maximum atomic E-state index is 11.0. The summed E-state index contributed by atoms with van der Waals surface area (Å²) in [6.07, 6.45) is 0.435. The van der Waals surface area contributed by atoms with Gasteiger partial charge in [0.1, 0.15) is 11.6 Å². The lowest BCUT2D eigenvalue weighted by Crippen LogP contribution is -2.06. The van der Waals surface area contributed by atoms with E-state index in [2.05, 4.69) is 56.4 Å². The highest BCUT2D eigenvalue weighted by molar-refractivity contribution is 5.81. The Morgan fingerprint density at radius 2 is 1.85 bits per heavy atom. The quantitative estimate of drug-likeness (QED) is 0.264. The van der Waals surface area contributed by atoms with Gasteiger partial charge in [-0.2, -0.15) is 0 Å². The lowest BCUT2D eigenvalue weighted by molar-refractivity contribution is 0.144. The molecule has 0 saturated carbocycles. The number of H-pyrrole nitrogens is 1. The molecule has 2 heterocycles. The first-order chi connectivity index (χ1) is 16.6. The number of fused-ring (bicyclic) bond motifs is 1. The summed E-state index contributed by atoms with van der Waals surface area (Å²) in [4.78, 5) is 15.7. The highest BCUT2D eigenvalue weighted by atomic mass is 16.7. The molecular formula is C25H22N6O3. The van der Waals surface area contributed by atoms with E-state index < -0.39 is 6.16 Å². The van der Waals surface area contributed by atoms with Crippen LogP contribution in [-0.4, -0.2) is 41.4 Å². The van der Waals surface area contributed by atoms with Crippen LogP contribution < -0.4 is 4.74 Å². The Morgan fingerprint density at radius 1 is 1.06 bits per heavy atom. The van der Waals surface area contributed by atoms with E-state index in [-0.39, 0.29) is 5.75 Å². The molecule has 0 aliphatic rings. The lowest BCUT2D eigenvalue weighted by atomic mass is 9.98. The highest BCUT2D eigenvalue weighted by Gasteiger charge is 2.14. The van der Waals surface area contributed by atoms with E-state index >= 15 is 0 Å². The fourth-order valence-electron chi connectivity index (χ4n) is 4.09. The van der Waals surface area contributed by atoms with Crippen molar-refractivity contribution in [3.05, 3.63) is 78.1 Å². The molecule has 9 heteroatoms. The molecule has 0 spiro atoms. The monoisotopic (exact) mass is 454 g/mol. The Labute approximate surface area is 195 Å². The molecule has 5 aromatic rings. The Kier molecular flexibility index (Phi) is 5.73. The van der Waals surface area contributed by atoms with Crippen LogP contribution in [0.3, 0.4) is 0 Å². The molecule has 3 aromatic carbocycles. The van der Waals surface area contributed by atoms with E-state index in [0.29, 0.717) is 12.4 Å². The van der Waals surface area contributed by atoms with Crippen molar-refractivity contribution in [1.82, 2.24) is 30.2 Å². The van der Waals surface area contributed by atoms with E-state index in [9.17, 15) is 4.79 Å². The van der Waals surface area contributed by atoms with Crippen LogP contribution in [0.15, 0.2) is 66.7 Å². The van der Waals surface area contributed by atoms with Crippen molar-refractivity contribution < 1.29 is 14.6 Å². The number of aryl methyl sites for hydroxylation is 1. The average molecular weight is 454 g/mol. The van der Waals surface area contributed by atoms with E-state index in [1.165, 1.54) is 0 Å². The number of carboxylic acid groups (broad SMARTS) is 1. The molecule has 0 saturated heterocycles. The van der Waals surface area contributed by atoms with Gasteiger partial charge in [0.2, 0.25) is 0 Å². The molecule has 0 bridgehead atoms. The minimum absolute atomic E-state index is 0.276. The standard InChI is InChI=1S/C25H22N6O3/c1-2-5-23-26-21-13-12-18(34-25(32)33)14-22(21)31(23)15-16-8-10-17(11-9-16)19-6-3-4-7-20(19)24-27-29-30-28-24/h3-4,6-14H,2,5,15H2,1H3,(H,32,33)(H,27,28,29,30). The van der Waals surface area contributed by atoms with E-state index in [4.69, 9.17) is 14.8 Å². The minimum Gasteiger partial charge on any atom is -0.449 e. The number of aromatic amines is 1. The van der Waals surface area contributed by atoms with E-state index in [1.54, 1.807) is 18.2 Å². The van der Waals surface area contributed by atoms with Crippen molar-refractivity contribution in [3.8, 4) is 28.3 Å². The van der Waals surface area contributed by atoms with E-state index in [1.807, 2.05) is 24.3 Å². The number of ether oxygens (including phenoxy) is 1. The van der Waals surface area contributed by atoms with Gasteiger partial charge < -0.3 is 14.4 Å². The molecule has 5 rings (SSSR count). The van der Waals surface area contributed by atoms with Crippen molar-refractivity contribution >= 4 is 17.2 Å². The molecule has 0 radical (unpaired) electrons. The zero-order valence-corrected chi connectivity index (χ0v) is 18.5. The second kappa shape index (κ2) is 9.14. The van der Waals surface area contributed by atoms with Crippen LogP contribution in [0.4, 0.5) is 4.79 Å². The van der Waals surface area contributed by atoms with E-state index in [0.717, 1.165) is 52.0 Å². The molecule has 0 fully saturated rings. The predicted octanol–water partition coefficient (Wildman–Crippen LogP) is 4.94. The number of imidazole rings is 1. The largest absolute Gasteiger partial charge is 0.511 e. The molecule has 0 atom stereocenters. The lowest BCUT2D eigenvalue weighted by Gasteiger charge is -2.11. The number of nitrogens with zero attached hydrogens (tertiary/aromatic N) is 5. The molecule has 0 aliphatic heterocycles. The number of hydrogen-bond acceptors (Lipinski definition) is 6. The Balaban J connectivity index is 1.48. The number of aromatic nitrogens is 6. The first-order valence-electron chi connectivity index (χ1n) is 10.9. The number of tetrazole rings is 1. The van der Waals surface area contributed by atoms with Crippen LogP contribution in [0, 0.1) is 0 Å². The molecular weight excluding hydrogens is 432 g/mol. The highest BCUT2D eigenvalue weighted by Crippen LogP contribution is 2.30.